The monoisotopic (exact) mass is 394 g/mol. The Morgan fingerprint density at radius 1 is 1.00 bits per heavy atom. The molecule has 0 saturated carbocycles. The van der Waals surface area contributed by atoms with Crippen molar-refractivity contribution in [3.05, 3.63) is 70.3 Å². The summed E-state index contributed by atoms with van der Waals surface area (Å²) in [5, 5.41) is 2.98. The molecule has 0 saturated heterocycles. The van der Waals surface area contributed by atoms with Crippen LogP contribution >= 0.6 is 0 Å². The largest absolute Gasteiger partial charge is 0.352 e. The first-order valence-electron chi connectivity index (χ1n) is 10.4. The molecular formula is C25H34N2O2. The number of aryl methyl sites for hydroxylation is 3. The minimum absolute atomic E-state index is 0.0223. The molecule has 4 nitrogen and oxygen atoms in total. The van der Waals surface area contributed by atoms with Crippen molar-refractivity contribution in [1.82, 2.24) is 10.2 Å². The average molecular weight is 395 g/mol. The summed E-state index contributed by atoms with van der Waals surface area (Å²) < 4.78 is 0. The van der Waals surface area contributed by atoms with Gasteiger partial charge in [0.1, 0.15) is 6.04 Å². The van der Waals surface area contributed by atoms with Crippen molar-refractivity contribution >= 4 is 11.8 Å². The van der Waals surface area contributed by atoms with Gasteiger partial charge in [0, 0.05) is 12.6 Å². The van der Waals surface area contributed by atoms with E-state index in [4.69, 9.17) is 0 Å². The van der Waals surface area contributed by atoms with Crippen molar-refractivity contribution < 1.29 is 9.59 Å². The lowest BCUT2D eigenvalue weighted by Gasteiger charge is -2.31. The number of nitrogens with zero attached hydrogens (tertiary/aromatic N) is 1. The highest BCUT2D eigenvalue weighted by molar-refractivity contribution is 5.88. The molecule has 156 valence electrons. The molecule has 0 aliphatic heterocycles. The van der Waals surface area contributed by atoms with Crippen LogP contribution in [-0.2, 0) is 22.6 Å². The zero-order valence-corrected chi connectivity index (χ0v) is 18.6. The van der Waals surface area contributed by atoms with Gasteiger partial charge in [0.05, 0.1) is 6.42 Å². The van der Waals surface area contributed by atoms with Gasteiger partial charge in [-0.1, -0.05) is 60.5 Å². The number of carbonyl (C=O) groups excluding carboxylic acids is 2. The van der Waals surface area contributed by atoms with E-state index in [1.54, 1.807) is 4.90 Å². The van der Waals surface area contributed by atoms with E-state index >= 15 is 0 Å². The number of carbonyl (C=O) groups is 2. The van der Waals surface area contributed by atoms with E-state index in [1.165, 1.54) is 0 Å². The van der Waals surface area contributed by atoms with Gasteiger partial charge in [-0.2, -0.15) is 0 Å². The molecular weight excluding hydrogens is 360 g/mol. The van der Waals surface area contributed by atoms with E-state index in [0.29, 0.717) is 19.4 Å². The quantitative estimate of drug-likeness (QED) is 0.717. The minimum Gasteiger partial charge on any atom is -0.352 e. The molecule has 2 rings (SSSR count). The predicted octanol–water partition coefficient (Wildman–Crippen LogP) is 4.49. The van der Waals surface area contributed by atoms with Crippen molar-refractivity contribution in [2.75, 3.05) is 0 Å². The molecule has 0 bridgehead atoms. The van der Waals surface area contributed by atoms with Crippen molar-refractivity contribution in [2.45, 2.75) is 73.0 Å². The second-order valence-corrected chi connectivity index (χ2v) is 8.20. The summed E-state index contributed by atoms with van der Waals surface area (Å²) in [6, 6.07) is 13.8. The van der Waals surface area contributed by atoms with E-state index in [2.05, 4.69) is 23.5 Å². The number of hydrogen-bond acceptors (Lipinski definition) is 2. The number of hydrogen-bond donors (Lipinski definition) is 1. The third-order valence-corrected chi connectivity index (χ3v) is 5.10. The topological polar surface area (TPSA) is 49.4 Å². The van der Waals surface area contributed by atoms with Gasteiger partial charge in [-0.25, -0.2) is 0 Å². The van der Waals surface area contributed by atoms with Crippen LogP contribution in [0.15, 0.2) is 42.5 Å². The Hall–Kier alpha value is -2.62. The van der Waals surface area contributed by atoms with Crippen LogP contribution in [0.2, 0.25) is 0 Å². The molecule has 0 aliphatic carbocycles. The molecule has 2 aromatic carbocycles. The second-order valence-electron chi connectivity index (χ2n) is 8.20. The highest BCUT2D eigenvalue weighted by atomic mass is 16.2. The van der Waals surface area contributed by atoms with Crippen LogP contribution in [0.5, 0.6) is 0 Å². The smallest absolute Gasteiger partial charge is 0.243 e. The fraction of sp³-hybridized carbons (Fsp3) is 0.440. The van der Waals surface area contributed by atoms with E-state index in [1.807, 2.05) is 65.8 Å². The Balaban J connectivity index is 2.34. The van der Waals surface area contributed by atoms with E-state index in [0.717, 1.165) is 27.8 Å². The Labute approximate surface area is 175 Å². The summed E-state index contributed by atoms with van der Waals surface area (Å²) in [5.41, 5.74) is 5.43. The maximum absolute atomic E-state index is 13.4. The van der Waals surface area contributed by atoms with Crippen molar-refractivity contribution in [3.8, 4) is 0 Å². The summed E-state index contributed by atoms with van der Waals surface area (Å²) >= 11 is 0. The molecule has 29 heavy (non-hydrogen) atoms. The van der Waals surface area contributed by atoms with Crippen LogP contribution < -0.4 is 5.32 Å². The van der Waals surface area contributed by atoms with E-state index in [-0.39, 0.29) is 17.9 Å². The van der Waals surface area contributed by atoms with Gasteiger partial charge in [-0.3, -0.25) is 9.59 Å². The normalized spacial score (nSPS) is 12.0. The van der Waals surface area contributed by atoms with Gasteiger partial charge in [-0.15, -0.1) is 0 Å². The number of benzene rings is 2. The zero-order chi connectivity index (χ0) is 21.6. The molecule has 0 aromatic heterocycles. The molecule has 2 aromatic rings. The molecule has 0 aliphatic rings. The van der Waals surface area contributed by atoms with Crippen molar-refractivity contribution in [3.63, 3.8) is 0 Å². The van der Waals surface area contributed by atoms with Crippen LogP contribution in [-0.4, -0.2) is 28.8 Å². The molecule has 1 atom stereocenters. The molecule has 0 spiro atoms. The second kappa shape index (κ2) is 10.2. The summed E-state index contributed by atoms with van der Waals surface area (Å²) in [6.45, 7) is 12.3. The number of nitrogens with one attached hydrogen (secondary N) is 1. The summed E-state index contributed by atoms with van der Waals surface area (Å²) in [5.74, 6) is -0.115. The van der Waals surface area contributed by atoms with Crippen LogP contribution in [0, 0.1) is 20.8 Å². The number of rotatable bonds is 8. The standard InChI is InChI=1S/C25H34N2O2/c1-7-23(25(29)26-17(2)3)27(16-21-10-8-9-18(4)13-21)24(28)15-22-14-19(5)11-12-20(22)6/h8-14,17,23H,7,15-16H2,1-6H3,(H,26,29)/t23-/m1/s1. The molecule has 4 heteroatoms. The Morgan fingerprint density at radius 2 is 1.69 bits per heavy atom. The average Bonchev–Trinajstić information content (AvgIpc) is 2.64. The maximum atomic E-state index is 13.4. The molecule has 1 N–H and O–H groups in total. The van der Waals surface area contributed by atoms with Crippen molar-refractivity contribution in [2.24, 2.45) is 0 Å². The first-order valence-corrected chi connectivity index (χ1v) is 10.4. The lowest BCUT2D eigenvalue weighted by Crippen LogP contribution is -2.50. The third kappa shape index (κ3) is 6.45. The Morgan fingerprint density at radius 3 is 2.31 bits per heavy atom. The van der Waals surface area contributed by atoms with Crippen LogP contribution in [0.3, 0.4) is 0 Å². The summed E-state index contributed by atoms with van der Waals surface area (Å²) in [6.07, 6.45) is 0.869. The van der Waals surface area contributed by atoms with Gasteiger partial charge in [0.25, 0.3) is 0 Å². The SMILES string of the molecule is CC[C@H](C(=O)NC(C)C)N(Cc1cccc(C)c1)C(=O)Cc1cc(C)ccc1C. The first kappa shape index (κ1) is 22.7. The first-order chi connectivity index (χ1) is 13.7. The predicted molar refractivity (Wildman–Crippen MR) is 119 cm³/mol. The molecule has 2 amide bonds. The molecule has 0 heterocycles. The summed E-state index contributed by atoms with van der Waals surface area (Å²) in [4.78, 5) is 28.0. The van der Waals surface area contributed by atoms with Crippen molar-refractivity contribution in [1.29, 1.82) is 0 Å². The van der Waals surface area contributed by atoms with Gasteiger partial charge in [0.2, 0.25) is 11.8 Å². The molecule has 0 radical (unpaired) electrons. The van der Waals surface area contributed by atoms with Gasteiger partial charge in [-0.05, 0) is 57.7 Å². The lowest BCUT2D eigenvalue weighted by atomic mass is 10.0. The van der Waals surface area contributed by atoms with Gasteiger partial charge < -0.3 is 10.2 Å². The van der Waals surface area contributed by atoms with E-state index in [9.17, 15) is 9.59 Å². The van der Waals surface area contributed by atoms with Gasteiger partial charge in [0.15, 0.2) is 0 Å². The lowest BCUT2D eigenvalue weighted by molar-refractivity contribution is -0.141. The van der Waals surface area contributed by atoms with Crippen LogP contribution in [0.1, 0.15) is 55.0 Å². The summed E-state index contributed by atoms with van der Waals surface area (Å²) in [7, 11) is 0. The fourth-order valence-corrected chi connectivity index (χ4v) is 3.56. The number of amides is 2. The van der Waals surface area contributed by atoms with E-state index < -0.39 is 6.04 Å². The highest BCUT2D eigenvalue weighted by Gasteiger charge is 2.29. The molecule has 0 fully saturated rings. The molecule has 0 unspecified atom stereocenters. The Bertz CT molecular complexity index is 858. The minimum atomic E-state index is -0.490. The van der Waals surface area contributed by atoms with Crippen LogP contribution in [0.4, 0.5) is 0 Å². The maximum Gasteiger partial charge on any atom is 0.243 e. The fourth-order valence-electron chi connectivity index (χ4n) is 3.56. The Kier molecular flexibility index (Phi) is 8.00. The third-order valence-electron chi connectivity index (χ3n) is 5.10. The van der Waals surface area contributed by atoms with Gasteiger partial charge >= 0.3 is 0 Å². The highest BCUT2D eigenvalue weighted by Crippen LogP contribution is 2.18. The zero-order valence-electron chi connectivity index (χ0n) is 18.6. The van der Waals surface area contributed by atoms with Crippen LogP contribution in [0.25, 0.3) is 0 Å².